The van der Waals surface area contributed by atoms with Crippen LogP contribution in [0.15, 0.2) is 40.9 Å². The Morgan fingerprint density at radius 2 is 2.05 bits per heavy atom. The molecule has 0 saturated carbocycles. The van der Waals surface area contributed by atoms with Crippen LogP contribution in [-0.4, -0.2) is 5.11 Å². The molecule has 19 heavy (non-hydrogen) atoms. The van der Waals surface area contributed by atoms with Crippen molar-refractivity contribution in [3.8, 4) is 0 Å². The van der Waals surface area contributed by atoms with Crippen molar-refractivity contribution < 1.29 is 9.50 Å². The summed E-state index contributed by atoms with van der Waals surface area (Å²) >= 11 is 9.10. The molecule has 2 rings (SSSR count). The fraction of sp³-hybridized carbons (Fsp3) is 0.200. The van der Waals surface area contributed by atoms with E-state index in [1.54, 1.807) is 6.07 Å². The van der Waals surface area contributed by atoms with Crippen LogP contribution in [0.5, 0.6) is 0 Å². The first-order valence-electron chi connectivity index (χ1n) is 5.86. The molecule has 0 bridgehead atoms. The summed E-state index contributed by atoms with van der Waals surface area (Å²) in [6, 6.07) is 10.3. The van der Waals surface area contributed by atoms with Gasteiger partial charge in [0.2, 0.25) is 0 Å². The molecule has 0 saturated heterocycles. The second-order valence-corrected chi connectivity index (χ2v) is 5.65. The van der Waals surface area contributed by atoms with Gasteiger partial charge in [0.1, 0.15) is 5.82 Å². The molecule has 4 heteroatoms. The molecule has 0 aromatic heterocycles. The van der Waals surface area contributed by atoms with Crippen LogP contribution in [0, 0.1) is 12.7 Å². The van der Waals surface area contributed by atoms with Gasteiger partial charge in [-0.3, -0.25) is 0 Å². The van der Waals surface area contributed by atoms with Crippen molar-refractivity contribution in [3.05, 3.63) is 68.4 Å². The third-order valence-corrected chi connectivity index (χ3v) is 4.38. The Bertz CT molecular complexity index is 601. The molecule has 2 aromatic carbocycles. The highest BCUT2D eigenvalue weighted by Gasteiger charge is 2.14. The molecular formula is C15H13BrClFO. The van der Waals surface area contributed by atoms with Crippen molar-refractivity contribution in [2.24, 2.45) is 0 Å². The molecule has 1 unspecified atom stereocenters. The predicted octanol–water partition coefficient (Wildman–Crippen LogP) is 4.83. The van der Waals surface area contributed by atoms with Gasteiger partial charge in [0.15, 0.2) is 0 Å². The summed E-state index contributed by atoms with van der Waals surface area (Å²) in [5.74, 6) is -0.463. The Kier molecular flexibility index (Phi) is 4.61. The number of halogens is 3. The Labute approximate surface area is 125 Å². The smallest absolute Gasteiger partial charge is 0.142 e. The van der Waals surface area contributed by atoms with E-state index >= 15 is 0 Å². The van der Waals surface area contributed by atoms with Gasteiger partial charge in [0.05, 0.1) is 11.1 Å². The Morgan fingerprint density at radius 1 is 1.32 bits per heavy atom. The lowest BCUT2D eigenvalue weighted by atomic mass is 10.00. The van der Waals surface area contributed by atoms with E-state index in [2.05, 4.69) is 15.9 Å². The lowest BCUT2D eigenvalue weighted by Crippen LogP contribution is -2.03. The Morgan fingerprint density at radius 3 is 2.74 bits per heavy atom. The highest BCUT2D eigenvalue weighted by atomic mass is 79.9. The van der Waals surface area contributed by atoms with Crippen LogP contribution < -0.4 is 0 Å². The summed E-state index contributed by atoms with van der Waals surface area (Å²) < 4.78 is 14.2. The average molecular weight is 344 g/mol. The number of aryl methyl sites for hydroxylation is 1. The van der Waals surface area contributed by atoms with Crippen molar-refractivity contribution in [2.75, 3.05) is 0 Å². The largest absolute Gasteiger partial charge is 0.388 e. The molecule has 1 atom stereocenters. The number of rotatable bonds is 3. The normalized spacial score (nSPS) is 12.5. The van der Waals surface area contributed by atoms with Gasteiger partial charge >= 0.3 is 0 Å². The SMILES string of the molecule is Cc1cccc(C(O)Cc2ccc(Cl)c(F)c2)c1Br. The first kappa shape index (κ1) is 14.5. The topological polar surface area (TPSA) is 20.2 Å². The summed E-state index contributed by atoms with van der Waals surface area (Å²) in [4.78, 5) is 0. The van der Waals surface area contributed by atoms with E-state index in [0.29, 0.717) is 12.0 Å². The number of benzene rings is 2. The Hall–Kier alpha value is -0.900. The molecular weight excluding hydrogens is 331 g/mol. The maximum absolute atomic E-state index is 13.4. The van der Waals surface area contributed by atoms with Crippen LogP contribution in [0.1, 0.15) is 22.8 Å². The molecule has 1 nitrogen and oxygen atoms in total. The van der Waals surface area contributed by atoms with Gasteiger partial charge in [-0.15, -0.1) is 0 Å². The first-order valence-corrected chi connectivity index (χ1v) is 7.03. The molecule has 0 fully saturated rings. The zero-order valence-electron chi connectivity index (χ0n) is 10.3. The van der Waals surface area contributed by atoms with Crippen molar-refractivity contribution in [2.45, 2.75) is 19.4 Å². The number of hydrogen-bond donors (Lipinski definition) is 1. The molecule has 0 aliphatic rings. The van der Waals surface area contributed by atoms with Gasteiger partial charge in [-0.05, 0) is 35.7 Å². The van der Waals surface area contributed by atoms with E-state index in [1.165, 1.54) is 12.1 Å². The van der Waals surface area contributed by atoms with Crippen LogP contribution in [0.2, 0.25) is 5.02 Å². The van der Waals surface area contributed by atoms with Gasteiger partial charge in [-0.2, -0.15) is 0 Å². The van der Waals surface area contributed by atoms with E-state index < -0.39 is 11.9 Å². The molecule has 0 heterocycles. The maximum Gasteiger partial charge on any atom is 0.142 e. The third-order valence-electron chi connectivity index (χ3n) is 2.99. The summed E-state index contributed by atoms with van der Waals surface area (Å²) in [5, 5.41) is 10.3. The molecule has 0 amide bonds. The maximum atomic E-state index is 13.4. The van der Waals surface area contributed by atoms with Crippen LogP contribution in [-0.2, 0) is 6.42 Å². The molecule has 0 spiro atoms. The van der Waals surface area contributed by atoms with E-state index in [4.69, 9.17) is 11.6 Å². The number of aliphatic hydroxyl groups excluding tert-OH is 1. The second kappa shape index (κ2) is 6.04. The fourth-order valence-electron chi connectivity index (χ4n) is 1.93. The molecule has 2 aromatic rings. The zero-order chi connectivity index (χ0) is 14.0. The van der Waals surface area contributed by atoms with Crippen molar-refractivity contribution in [3.63, 3.8) is 0 Å². The van der Waals surface area contributed by atoms with Crippen LogP contribution in [0.3, 0.4) is 0 Å². The lowest BCUT2D eigenvalue weighted by molar-refractivity contribution is 0.177. The highest BCUT2D eigenvalue weighted by molar-refractivity contribution is 9.10. The van der Waals surface area contributed by atoms with E-state index in [0.717, 1.165) is 15.6 Å². The molecule has 100 valence electrons. The average Bonchev–Trinajstić information content (AvgIpc) is 2.37. The predicted molar refractivity (Wildman–Crippen MR) is 79.0 cm³/mol. The van der Waals surface area contributed by atoms with E-state index in [1.807, 2.05) is 25.1 Å². The summed E-state index contributed by atoms with van der Waals surface area (Å²) in [5.41, 5.74) is 2.57. The van der Waals surface area contributed by atoms with Crippen LogP contribution >= 0.6 is 27.5 Å². The lowest BCUT2D eigenvalue weighted by Gasteiger charge is -2.14. The first-order chi connectivity index (χ1) is 8.99. The quantitative estimate of drug-likeness (QED) is 0.846. The summed E-state index contributed by atoms with van der Waals surface area (Å²) in [6.45, 7) is 1.96. The minimum absolute atomic E-state index is 0.0926. The van der Waals surface area contributed by atoms with E-state index in [9.17, 15) is 9.50 Å². The van der Waals surface area contributed by atoms with Gasteiger partial charge in [0, 0.05) is 10.9 Å². The second-order valence-electron chi connectivity index (χ2n) is 4.45. The van der Waals surface area contributed by atoms with Crippen molar-refractivity contribution >= 4 is 27.5 Å². The number of aliphatic hydroxyl groups is 1. The number of hydrogen-bond acceptors (Lipinski definition) is 1. The molecule has 0 aliphatic carbocycles. The van der Waals surface area contributed by atoms with Gasteiger partial charge in [-0.25, -0.2) is 4.39 Å². The highest BCUT2D eigenvalue weighted by Crippen LogP contribution is 2.29. The molecule has 0 radical (unpaired) electrons. The van der Waals surface area contributed by atoms with Gasteiger partial charge < -0.3 is 5.11 Å². The van der Waals surface area contributed by atoms with Crippen LogP contribution in [0.4, 0.5) is 4.39 Å². The standard InChI is InChI=1S/C15H13BrClFO/c1-9-3-2-4-11(15(9)16)14(19)8-10-5-6-12(17)13(18)7-10/h2-7,14,19H,8H2,1H3. The van der Waals surface area contributed by atoms with Crippen LogP contribution in [0.25, 0.3) is 0 Å². The minimum Gasteiger partial charge on any atom is -0.388 e. The zero-order valence-corrected chi connectivity index (χ0v) is 12.7. The van der Waals surface area contributed by atoms with Crippen molar-refractivity contribution in [1.29, 1.82) is 0 Å². The fourth-order valence-corrected chi connectivity index (χ4v) is 2.57. The third kappa shape index (κ3) is 3.35. The van der Waals surface area contributed by atoms with Gasteiger partial charge in [0.25, 0.3) is 0 Å². The summed E-state index contributed by atoms with van der Waals surface area (Å²) in [6.07, 6.45) is -0.342. The molecule has 0 aliphatic heterocycles. The Balaban J connectivity index is 2.23. The summed E-state index contributed by atoms with van der Waals surface area (Å²) in [7, 11) is 0. The van der Waals surface area contributed by atoms with Gasteiger partial charge in [-0.1, -0.05) is 51.8 Å². The molecule has 1 N–H and O–H groups in total. The van der Waals surface area contributed by atoms with E-state index in [-0.39, 0.29) is 5.02 Å². The minimum atomic E-state index is -0.685. The monoisotopic (exact) mass is 342 g/mol. The van der Waals surface area contributed by atoms with Crippen molar-refractivity contribution in [1.82, 2.24) is 0 Å².